The number of rotatable bonds is 4. The quantitative estimate of drug-likeness (QED) is 0.604. The Labute approximate surface area is 106 Å². The maximum atomic E-state index is 11.9. The van der Waals surface area contributed by atoms with Crippen molar-refractivity contribution in [2.75, 3.05) is 13.2 Å². The molecule has 0 bridgehead atoms. The first-order chi connectivity index (χ1) is 8.81. The van der Waals surface area contributed by atoms with Gasteiger partial charge in [-0.3, -0.25) is 4.79 Å². The van der Waals surface area contributed by atoms with Gasteiger partial charge >= 0.3 is 0 Å². The molecule has 0 spiro atoms. The molecule has 0 aromatic heterocycles. The highest BCUT2D eigenvalue weighted by Crippen LogP contribution is 2.30. The minimum Gasteiger partial charge on any atom is -0.490 e. The Hall–Kier alpha value is -2.02. The van der Waals surface area contributed by atoms with Crippen LogP contribution in [-0.2, 0) is 0 Å². The second-order valence-corrected chi connectivity index (χ2v) is 4.15. The molecule has 0 unspecified atom stereocenters. The molecule has 0 saturated heterocycles. The molecule has 1 aromatic carbocycles. The third kappa shape index (κ3) is 3.01. The molecule has 1 aromatic rings. The molecular formula is C14H15NO3. The molecule has 4 heteroatoms. The fourth-order valence-corrected chi connectivity index (χ4v) is 1.81. The molecule has 94 valence electrons. The molecule has 1 heterocycles. The molecule has 0 amide bonds. The summed E-state index contributed by atoms with van der Waals surface area (Å²) < 4.78 is 11.0. The lowest BCUT2D eigenvalue weighted by atomic mass is 10.1. The van der Waals surface area contributed by atoms with E-state index in [1.54, 1.807) is 18.2 Å². The lowest BCUT2D eigenvalue weighted by Crippen LogP contribution is -2.00. The van der Waals surface area contributed by atoms with Gasteiger partial charge in [0.15, 0.2) is 17.3 Å². The van der Waals surface area contributed by atoms with Crippen molar-refractivity contribution in [1.29, 1.82) is 5.26 Å². The third-order valence-corrected chi connectivity index (χ3v) is 2.76. The van der Waals surface area contributed by atoms with E-state index in [0.717, 1.165) is 6.42 Å². The molecular weight excluding hydrogens is 230 g/mol. The number of ether oxygens (including phenoxy) is 2. The van der Waals surface area contributed by atoms with E-state index in [-0.39, 0.29) is 5.78 Å². The fourth-order valence-electron chi connectivity index (χ4n) is 1.81. The SMILES string of the molecule is N#CCCCC(=O)c1ccc2c(c1)OCCCO2. The van der Waals surface area contributed by atoms with Crippen molar-refractivity contribution in [3.05, 3.63) is 23.8 Å². The Morgan fingerprint density at radius 2 is 2.06 bits per heavy atom. The number of nitriles is 1. The van der Waals surface area contributed by atoms with Gasteiger partial charge in [0, 0.05) is 24.8 Å². The molecule has 0 aliphatic carbocycles. The predicted molar refractivity (Wildman–Crippen MR) is 65.8 cm³/mol. The number of fused-ring (bicyclic) bond motifs is 1. The van der Waals surface area contributed by atoms with Gasteiger partial charge in [-0.1, -0.05) is 0 Å². The van der Waals surface area contributed by atoms with Crippen molar-refractivity contribution in [3.63, 3.8) is 0 Å². The van der Waals surface area contributed by atoms with Gasteiger partial charge in [0.05, 0.1) is 19.3 Å². The second-order valence-electron chi connectivity index (χ2n) is 4.15. The molecule has 4 nitrogen and oxygen atoms in total. The van der Waals surface area contributed by atoms with Gasteiger partial charge in [-0.05, 0) is 24.6 Å². The lowest BCUT2D eigenvalue weighted by Gasteiger charge is -2.08. The van der Waals surface area contributed by atoms with Crippen molar-refractivity contribution >= 4 is 5.78 Å². The summed E-state index contributed by atoms with van der Waals surface area (Å²) in [6, 6.07) is 7.30. The van der Waals surface area contributed by atoms with E-state index in [1.807, 2.05) is 6.07 Å². The molecule has 1 aliphatic rings. The molecule has 0 radical (unpaired) electrons. The van der Waals surface area contributed by atoms with E-state index >= 15 is 0 Å². The molecule has 1 aliphatic heterocycles. The van der Waals surface area contributed by atoms with E-state index in [9.17, 15) is 4.79 Å². The summed E-state index contributed by atoms with van der Waals surface area (Å²) in [7, 11) is 0. The Bertz CT molecular complexity index is 476. The minimum atomic E-state index is 0.0425. The van der Waals surface area contributed by atoms with Crippen molar-refractivity contribution in [3.8, 4) is 17.6 Å². The van der Waals surface area contributed by atoms with E-state index < -0.39 is 0 Å². The van der Waals surface area contributed by atoms with Crippen LogP contribution < -0.4 is 9.47 Å². The van der Waals surface area contributed by atoms with Crippen LogP contribution in [0.4, 0.5) is 0 Å². The first-order valence-corrected chi connectivity index (χ1v) is 6.11. The normalized spacial score (nSPS) is 13.5. The zero-order valence-electron chi connectivity index (χ0n) is 10.1. The largest absolute Gasteiger partial charge is 0.490 e. The number of ketones is 1. The van der Waals surface area contributed by atoms with Gasteiger partial charge in [0.1, 0.15) is 0 Å². The molecule has 0 N–H and O–H groups in total. The van der Waals surface area contributed by atoms with Crippen LogP contribution in [0.3, 0.4) is 0 Å². The van der Waals surface area contributed by atoms with Crippen LogP contribution in [-0.4, -0.2) is 19.0 Å². The number of hydrogen-bond acceptors (Lipinski definition) is 4. The van der Waals surface area contributed by atoms with Gasteiger partial charge in [0.2, 0.25) is 0 Å². The van der Waals surface area contributed by atoms with E-state index in [1.165, 1.54) is 0 Å². The summed E-state index contributed by atoms with van der Waals surface area (Å²) in [5, 5.41) is 8.44. The second kappa shape index (κ2) is 6.06. The zero-order chi connectivity index (χ0) is 12.8. The van der Waals surface area contributed by atoms with E-state index in [4.69, 9.17) is 14.7 Å². The van der Waals surface area contributed by atoms with Gasteiger partial charge in [-0.25, -0.2) is 0 Å². The van der Waals surface area contributed by atoms with Crippen molar-refractivity contribution in [1.82, 2.24) is 0 Å². The molecule has 18 heavy (non-hydrogen) atoms. The molecule has 0 atom stereocenters. The van der Waals surface area contributed by atoms with Crippen molar-refractivity contribution in [2.45, 2.75) is 25.7 Å². The highest BCUT2D eigenvalue weighted by Gasteiger charge is 2.13. The monoisotopic (exact) mass is 245 g/mol. The molecule has 0 fully saturated rings. The van der Waals surface area contributed by atoms with Gasteiger partial charge in [0.25, 0.3) is 0 Å². The van der Waals surface area contributed by atoms with Crippen LogP contribution in [0, 0.1) is 11.3 Å². The summed E-state index contributed by atoms with van der Waals surface area (Å²) in [6.07, 6.45) is 2.26. The van der Waals surface area contributed by atoms with Crippen LogP contribution in [0.25, 0.3) is 0 Å². The number of carbonyl (C=O) groups excluding carboxylic acids is 1. The standard InChI is InChI=1S/C14H15NO3/c15-7-2-1-4-12(16)11-5-6-13-14(10-11)18-9-3-8-17-13/h5-6,10H,1-4,8-9H2. The highest BCUT2D eigenvalue weighted by molar-refractivity contribution is 5.96. The zero-order valence-corrected chi connectivity index (χ0v) is 10.1. The number of Topliss-reactive ketones (excluding diaryl/α,β-unsaturated/α-hetero) is 1. The highest BCUT2D eigenvalue weighted by atomic mass is 16.5. The Morgan fingerprint density at radius 3 is 2.83 bits per heavy atom. The number of hydrogen-bond donors (Lipinski definition) is 0. The average Bonchev–Trinajstić information content (AvgIpc) is 2.63. The van der Waals surface area contributed by atoms with Crippen LogP contribution in [0.5, 0.6) is 11.5 Å². The maximum absolute atomic E-state index is 11.9. The predicted octanol–water partition coefficient (Wildman–Crippen LogP) is 2.72. The van der Waals surface area contributed by atoms with Gasteiger partial charge < -0.3 is 9.47 Å². The molecule has 0 saturated carbocycles. The summed E-state index contributed by atoms with van der Waals surface area (Å²) in [5.41, 5.74) is 0.622. The minimum absolute atomic E-state index is 0.0425. The number of carbonyl (C=O) groups is 1. The summed E-state index contributed by atoms with van der Waals surface area (Å²) >= 11 is 0. The smallest absolute Gasteiger partial charge is 0.163 e. The third-order valence-electron chi connectivity index (χ3n) is 2.76. The first kappa shape index (κ1) is 12.4. The van der Waals surface area contributed by atoms with Crippen LogP contribution in [0.15, 0.2) is 18.2 Å². The Balaban J connectivity index is 2.08. The average molecular weight is 245 g/mol. The van der Waals surface area contributed by atoms with Crippen LogP contribution in [0.2, 0.25) is 0 Å². The van der Waals surface area contributed by atoms with E-state index in [0.29, 0.717) is 49.5 Å². The summed E-state index contributed by atoms with van der Waals surface area (Å²) in [4.78, 5) is 11.9. The lowest BCUT2D eigenvalue weighted by molar-refractivity contribution is 0.0980. The number of nitrogens with zero attached hydrogens (tertiary/aromatic N) is 1. The van der Waals surface area contributed by atoms with Gasteiger partial charge in [-0.2, -0.15) is 5.26 Å². The summed E-state index contributed by atoms with van der Waals surface area (Å²) in [5.74, 6) is 1.38. The fraction of sp³-hybridized carbons (Fsp3) is 0.429. The Kier molecular flexibility index (Phi) is 4.19. The van der Waals surface area contributed by atoms with Crippen molar-refractivity contribution in [2.24, 2.45) is 0 Å². The van der Waals surface area contributed by atoms with Crippen LogP contribution >= 0.6 is 0 Å². The maximum Gasteiger partial charge on any atom is 0.163 e. The van der Waals surface area contributed by atoms with Crippen molar-refractivity contribution < 1.29 is 14.3 Å². The van der Waals surface area contributed by atoms with E-state index in [2.05, 4.69) is 0 Å². The first-order valence-electron chi connectivity index (χ1n) is 6.11. The number of benzene rings is 1. The van der Waals surface area contributed by atoms with Gasteiger partial charge in [-0.15, -0.1) is 0 Å². The van der Waals surface area contributed by atoms with Crippen LogP contribution in [0.1, 0.15) is 36.0 Å². The summed E-state index contributed by atoms with van der Waals surface area (Å²) in [6.45, 7) is 1.25. The Morgan fingerprint density at radius 1 is 1.28 bits per heavy atom. The molecule has 2 rings (SSSR count). The number of unbranched alkanes of at least 4 members (excludes halogenated alkanes) is 1. The topological polar surface area (TPSA) is 59.3 Å².